The standard InChI is InChI=1S/C20H25N3O2/c1-23-14-21-13-15(23)8-9-19(24)22-17-12-20(10-4-5-11-20)25-18-7-3-2-6-16(17)18/h2-3,6-7,13-14,17H,4-5,8-12H2,1H3,(H,22,24)/t17-/m0/s1. The number of rotatable bonds is 4. The van der Waals surface area contributed by atoms with Crippen molar-refractivity contribution >= 4 is 5.91 Å². The summed E-state index contributed by atoms with van der Waals surface area (Å²) >= 11 is 0. The molecule has 4 rings (SSSR count). The van der Waals surface area contributed by atoms with Crippen LogP contribution in [-0.4, -0.2) is 21.1 Å². The third kappa shape index (κ3) is 3.28. The summed E-state index contributed by atoms with van der Waals surface area (Å²) in [5, 5.41) is 3.26. The second-order valence-corrected chi connectivity index (χ2v) is 7.35. The first-order chi connectivity index (χ1) is 12.2. The van der Waals surface area contributed by atoms with Crippen molar-refractivity contribution in [3.8, 4) is 5.75 Å². The monoisotopic (exact) mass is 339 g/mol. The second kappa shape index (κ2) is 6.54. The van der Waals surface area contributed by atoms with Crippen LogP contribution >= 0.6 is 0 Å². The molecule has 1 aliphatic carbocycles. The zero-order valence-corrected chi connectivity index (χ0v) is 14.7. The van der Waals surface area contributed by atoms with E-state index in [1.807, 2.05) is 36.0 Å². The van der Waals surface area contributed by atoms with Crippen LogP contribution in [0.25, 0.3) is 0 Å². The van der Waals surface area contributed by atoms with E-state index in [-0.39, 0.29) is 17.6 Å². The van der Waals surface area contributed by atoms with Crippen molar-refractivity contribution in [1.82, 2.24) is 14.9 Å². The quantitative estimate of drug-likeness (QED) is 0.930. The molecule has 1 saturated carbocycles. The van der Waals surface area contributed by atoms with Crippen LogP contribution in [0.15, 0.2) is 36.8 Å². The molecule has 2 aromatic rings. The van der Waals surface area contributed by atoms with Crippen LogP contribution in [-0.2, 0) is 18.3 Å². The number of hydrogen-bond donors (Lipinski definition) is 1. The number of amides is 1. The van der Waals surface area contributed by atoms with Crippen molar-refractivity contribution in [2.24, 2.45) is 7.05 Å². The first kappa shape index (κ1) is 16.2. The van der Waals surface area contributed by atoms with Gasteiger partial charge in [0.2, 0.25) is 5.91 Å². The fourth-order valence-electron chi connectivity index (χ4n) is 4.21. The highest BCUT2D eigenvalue weighted by atomic mass is 16.5. The Kier molecular flexibility index (Phi) is 4.24. The van der Waals surface area contributed by atoms with E-state index in [9.17, 15) is 4.79 Å². The van der Waals surface area contributed by atoms with E-state index in [1.54, 1.807) is 6.33 Å². The van der Waals surface area contributed by atoms with Crippen molar-refractivity contribution in [2.75, 3.05) is 0 Å². The second-order valence-electron chi connectivity index (χ2n) is 7.35. The highest BCUT2D eigenvalue weighted by molar-refractivity contribution is 5.77. The third-order valence-corrected chi connectivity index (χ3v) is 5.57. The first-order valence-corrected chi connectivity index (χ1v) is 9.18. The molecule has 1 aliphatic heterocycles. The average Bonchev–Trinajstić information content (AvgIpc) is 3.22. The number of fused-ring (bicyclic) bond motifs is 1. The number of imidazole rings is 1. The van der Waals surface area contributed by atoms with Crippen molar-refractivity contribution in [3.63, 3.8) is 0 Å². The minimum absolute atomic E-state index is 0.0436. The number of ether oxygens (including phenoxy) is 1. The molecule has 5 heteroatoms. The molecule has 132 valence electrons. The van der Waals surface area contributed by atoms with Gasteiger partial charge in [-0.2, -0.15) is 0 Å². The lowest BCUT2D eigenvalue weighted by Crippen LogP contribution is -2.43. The molecule has 1 aromatic carbocycles. The third-order valence-electron chi connectivity index (χ3n) is 5.57. The Morgan fingerprint density at radius 3 is 2.92 bits per heavy atom. The van der Waals surface area contributed by atoms with E-state index in [2.05, 4.69) is 16.4 Å². The van der Waals surface area contributed by atoms with Crippen molar-refractivity contribution in [3.05, 3.63) is 48.0 Å². The van der Waals surface area contributed by atoms with Gasteiger partial charge >= 0.3 is 0 Å². The van der Waals surface area contributed by atoms with E-state index < -0.39 is 0 Å². The number of carbonyl (C=O) groups is 1. The molecule has 1 atom stereocenters. The van der Waals surface area contributed by atoms with Gasteiger partial charge in [-0.05, 0) is 38.2 Å². The molecule has 1 N–H and O–H groups in total. The summed E-state index contributed by atoms with van der Waals surface area (Å²) in [5.41, 5.74) is 2.10. The maximum absolute atomic E-state index is 12.5. The van der Waals surface area contributed by atoms with Crippen molar-refractivity contribution in [2.45, 2.75) is 56.6 Å². The zero-order valence-electron chi connectivity index (χ0n) is 14.7. The van der Waals surface area contributed by atoms with Gasteiger partial charge in [-0.3, -0.25) is 4.79 Å². The van der Waals surface area contributed by atoms with Crippen LogP contribution in [0.1, 0.15) is 55.8 Å². The van der Waals surface area contributed by atoms with Crippen LogP contribution in [0.2, 0.25) is 0 Å². The summed E-state index contributed by atoms with van der Waals surface area (Å²) in [7, 11) is 1.96. The van der Waals surface area contributed by atoms with Gasteiger partial charge in [0.05, 0.1) is 12.4 Å². The summed E-state index contributed by atoms with van der Waals surface area (Å²) in [5.74, 6) is 1.03. The molecule has 25 heavy (non-hydrogen) atoms. The minimum Gasteiger partial charge on any atom is -0.487 e. The minimum atomic E-state index is -0.0890. The molecular weight excluding hydrogens is 314 g/mol. The van der Waals surface area contributed by atoms with Crippen LogP contribution in [0, 0.1) is 0 Å². The lowest BCUT2D eigenvalue weighted by molar-refractivity contribution is -0.122. The van der Waals surface area contributed by atoms with Gasteiger partial charge in [0, 0.05) is 37.3 Å². The fourth-order valence-corrected chi connectivity index (χ4v) is 4.21. The average molecular weight is 339 g/mol. The number of hydrogen-bond acceptors (Lipinski definition) is 3. The predicted octanol–water partition coefficient (Wildman–Crippen LogP) is 3.31. The molecule has 0 saturated heterocycles. The topological polar surface area (TPSA) is 56.2 Å². The van der Waals surface area contributed by atoms with E-state index in [4.69, 9.17) is 4.74 Å². The van der Waals surface area contributed by atoms with Gasteiger partial charge < -0.3 is 14.6 Å². The highest BCUT2D eigenvalue weighted by Crippen LogP contribution is 2.46. The Morgan fingerprint density at radius 2 is 2.16 bits per heavy atom. The van der Waals surface area contributed by atoms with Gasteiger partial charge in [-0.25, -0.2) is 4.98 Å². The number of carbonyl (C=O) groups excluding carboxylic acids is 1. The molecular formula is C20H25N3O2. The van der Waals surface area contributed by atoms with E-state index in [0.29, 0.717) is 12.8 Å². The van der Waals surface area contributed by atoms with E-state index in [0.717, 1.165) is 36.3 Å². The first-order valence-electron chi connectivity index (χ1n) is 9.18. The number of nitrogens with zero attached hydrogens (tertiary/aromatic N) is 2. The number of nitrogens with one attached hydrogen (secondary N) is 1. The maximum Gasteiger partial charge on any atom is 0.220 e. The summed E-state index contributed by atoms with van der Waals surface area (Å²) in [6.45, 7) is 0. The number of aromatic nitrogens is 2. The van der Waals surface area contributed by atoms with Gasteiger partial charge in [0.25, 0.3) is 0 Å². The van der Waals surface area contributed by atoms with Crippen LogP contribution < -0.4 is 10.1 Å². The van der Waals surface area contributed by atoms with Crippen molar-refractivity contribution < 1.29 is 9.53 Å². The SMILES string of the molecule is Cn1cncc1CCC(=O)N[C@H]1CC2(CCCC2)Oc2ccccc21. The van der Waals surface area contributed by atoms with E-state index >= 15 is 0 Å². The Morgan fingerprint density at radius 1 is 1.36 bits per heavy atom. The summed E-state index contributed by atoms with van der Waals surface area (Å²) < 4.78 is 8.33. The molecule has 1 aromatic heterocycles. The maximum atomic E-state index is 12.5. The smallest absolute Gasteiger partial charge is 0.220 e. The molecule has 1 amide bonds. The lowest BCUT2D eigenvalue weighted by atomic mass is 9.86. The molecule has 1 fully saturated rings. The summed E-state index contributed by atoms with van der Waals surface area (Å²) in [4.78, 5) is 16.7. The molecule has 0 bridgehead atoms. The normalized spacial score (nSPS) is 20.9. The van der Waals surface area contributed by atoms with Crippen LogP contribution in [0.4, 0.5) is 0 Å². The van der Waals surface area contributed by atoms with Crippen LogP contribution in [0.3, 0.4) is 0 Å². The number of aryl methyl sites for hydroxylation is 2. The van der Waals surface area contributed by atoms with Gasteiger partial charge in [0.1, 0.15) is 11.4 Å². The van der Waals surface area contributed by atoms with E-state index in [1.165, 1.54) is 12.8 Å². The predicted molar refractivity (Wildman–Crippen MR) is 95.3 cm³/mol. The lowest BCUT2D eigenvalue weighted by Gasteiger charge is -2.40. The largest absolute Gasteiger partial charge is 0.487 e. The Labute approximate surface area is 148 Å². The van der Waals surface area contributed by atoms with Gasteiger partial charge in [0.15, 0.2) is 0 Å². The van der Waals surface area contributed by atoms with Gasteiger partial charge in [-0.1, -0.05) is 18.2 Å². The molecule has 2 aliphatic rings. The van der Waals surface area contributed by atoms with Gasteiger partial charge in [-0.15, -0.1) is 0 Å². The molecule has 2 heterocycles. The summed E-state index contributed by atoms with van der Waals surface area (Å²) in [6.07, 6.45) is 10.3. The molecule has 0 unspecified atom stereocenters. The van der Waals surface area contributed by atoms with Crippen molar-refractivity contribution in [1.29, 1.82) is 0 Å². The Bertz CT molecular complexity index is 762. The number of benzene rings is 1. The zero-order chi connectivity index (χ0) is 17.3. The Hall–Kier alpha value is -2.30. The highest BCUT2D eigenvalue weighted by Gasteiger charge is 2.43. The fraction of sp³-hybridized carbons (Fsp3) is 0.500. The molecule has 5 nitrogen and oxygen atoms in total. The summed E-state index contributed by atoms with van der Waals surface area (Å²) in [6, 6.07) is 8.17. The Balaban J connectivity index is 1.46. The number of para-hydroxylation sites is 1. The molecule has 0 radical (unpaired) electrons. The molecule has 1 spiro atoms. The van der Waals surface area contributed by atoms with Crippen LogP contribution in [0.5, 0.6) is 5.75 Å².